The summed E-state index contributed by atoms with van der Waals surface area (Å²) >= 11 is 0. The first kappa shape index (κ1) is 20.6. The highest BCUT2D eigenvalue weighted by Gasteiger charge is 2.26. The normalized spacial score (nSPS) is 25.6. The number of carbonyl (C=O) groups is 2. The van der Waals surface area contributed by atoms with Crippen LogP contribution in [-0.4, -0.2) is 97.6 Å². The Kier molecular flexibility index (Phi) is 7.91. The van der Waals surface area contributed by atoms with Gasteiger partial charge in [-0.3, -0.25) is 14.4 Å². The number of hydroxylamine groups is 2. The molecule has 0 aromatic rings. The first-order valence-electron chi connectivity index (χ1n) is 10.7. The predicted octanol–water partition coefficient (Wildman–Crippen LogP) is 1.20. The first-order valence-corrected chi connectivity index (χ1v) is 10.7. The van der Waals surface area contributed by atoms with E-state index in [0.717, 1.165) is 84.5 Å². The van der Waals surface area contributed by atoms with Crippen LogP contribution in [0.5, 0.6) is 0 Å². The van der Waals surface area contributed by atoms with Gasteiger partial charge in [-0.15, -0.1) is 0 Å². The van der Waals surface area contributed by atoms with Crippen molar-refractivity contribution in [3.63, 3.8) is 0 Å². The second-order valence-electron chi connectivity index (χ2n) is 8.29. The Morgan fingerprint density at radius 3 is 2.41 bits per heavy atom. The van der Waals surface area contributed by atoms with Crippen LogP contribution in [0.15, 0.2) is 0 Å². The molecule has 0 aromatic carbocycles. The molecule has 0 N–H and O–H groups in total. The fraction of sp³-hybridized carbons (Fsp3) is 0.900. The highest BCUT2D eigenvalue weighted by atomic mass is 16.7. The second kappa shape index (κ2) is 10.4. The number of carbonyl (C=O) groups excluding carboxylic acids is 2. The smallest absolute Gasteiger partial charge is 0.223 e. The fourth-order valence-electron chi connectivity index (χ4n) is 4.27. The highest BCUT2D eigenvalue weighted by Crippen LogP contribution is 2.22. The van der Waals surface area contributed by atoms with Crippen molar-refractivity contribution in [2.75, 3.05) is 66.0 Å². The Morgan fingerprint density at radius 1 is 0.889 bits per heavy atom. The molecule has 3 saturated heterocycles. The van der Waals surface area contributed by atoms with Crippen molar-refractivity contribution in [3.8, 4) is 0 Å². The topological polar surface area (TPSA) is 56.3 Å². The Morgan fingerprint density at radius 2 is 1.67 bits per heavy atom. The van der Waals surface area contributed by atoms with Crippen LogP contribution in [0.4, 0.5) is 0 Å². The minimum atomic E-state index is 0.235. The van der Waals surface area contributed by atoms with Gasteiger partial charge in [-0.1, -0.05) is 0 Å². The van der Waals surface area contributed by atoms with Crippen LogP contribution in [0.25, 0.3) is 0 Å². The number of likely N-dealkylation sites (tertiary alicyclic amines) is 1. The van der Waals surface area contributed by atoms with Gasteiger partial charge in [-0.2, -0.15) is 5.06 Å². The molecule has 0 spiro atoms. The molecule has 7 nitrogen and oxygen atoms in total. The Bertz CT molecular complexity index is 488. The van der Waals surface area contributed by atoms with Crippen LogP contribution in [-0.2, 0) is 14.4 Å². The lowest BCUT2D eigenvalue weighted by atomic mass is 9.93. The van der Waals surface area contributed by atoms with Gasteiger partial charge in [-0.25, -0.2) is 0 Å². The Hall–Kier alpha value is -1.18. The zero-order valence-electron chi connectivity index (χ0n) is 16.9. The number of nitrogens with zero attached hydrogens (tertiary/aromatic N) is 4. The summed E-state index contributed by atoms with van der Waals surface area (Å²) in [5.41, 5.74) is 0. The average Bonchev–Trinajstić information content (AvgIpc) is 2.71. The molecule has 2 amide bonds. The maximum absolute atomic E-state index is 12.6. The summed E-state index contributed by atoms with van der Waals surface area (Å²) in [7, 11) is 2.10. The summed E-state index contributed by atoms with van der Waals surface area (Å²) in [6, 6.07) is 0. The molecule has 154 valence electrons. The molecule has 0 radical (unpaired) electrons. The lowest BCUT2D eigenvalue weighted by molar-refractivity contribution is -0.182. The van der Waals surface area contributed by atoms with Crippen LogP contribution < -0.4 is 0 Å². The minimum absolute atomic E-state index is 0.235. The lowest BCUT2D eigenvalue weighted by Crippen LogP contribution is -2.47. The number of piperazine rings is 1. The molecule has 1 atom stereocenters. The molecule has 3 rings (SSSR count). The van der Waals surface area contributed by atoms with Gasteiger partial charge in [0.05, 0.1) is 6.61 Å². The zero-order valence-corrected chi connectivity index (χ0v) is 16.9. The van der Waals surface area contributed by atoms with Gasteiger partial charge in [0.1, 0.15) is 0 Å². The van der Waals surface area contributed by atoms with E-state index in [1.807, 2.05) is 14.9 Å². The lowest BCUT2D eigenvalue weighted by Gasteiger charge is -2.35. The fourth-order valence-corrected chi connectivity index (χ4v) is 4.27. The summed E-state index contributed by atoms with van der Waals surface area (Å²) in [5, 5.41) is 1.94. The minimum Gasteiger partial charge on any atom is -0.342 e. The zero-order chi connectivity index (χ0) is 19.1. The van der Waals surface area contributed by atoms with E-state index in [-0.39, 0.29) is 11.8 Å². The van der Waals surface area contributed by atoms with Crippen molar-refractivity contribution in [3.05, 3.63) is 0 Å². The van der Waals surface area contributed by atoms with E-state index in [1.165, 1.54) is 0 Å². The molecule has 3 heterocycles. The maximum atomic E-state index is 12.6. The monoisotopic (exact) mass is 380 g/mol. The average molecular weight is 381 g/mol. The van der Waals surface area contributed by atoms with Gasteiger partial charge in [0.25, 0.3) is 0 Å². The number of piperidine rings is 1. The molecule has 0 aromatic heterocycles. The van der Waals surface area contributed by atoms with Crippen molar-refractivity contribution in [1.29, 1.82) is 0 Å². The quantitative estimate of drug-likeness (QED) is 0.693. The number of amides is 2. The van der Waals surface area contributed by atoms with E-state index in [1.54, 1.807) is 0 Å². The molecule has 0 bridgehead atoms. The van der Waals surface area contributed by atoms with Gasteiger partial charge >= 0.3 is 0 Å². The van der Waals surface area contributed by atoms with E-state index >= 15 is 0 Å². The maximum Gasteiger partial charge on any atom is 0.223 e. The van der Waals surface area contributed by atoms with Crippen molar-refractivity contribution >= 4 is 11.8 Å². The van der Waals surface area contributed by atoms with Crippen molar-refractivity contribution in [2.24, 2.45) is 5.92 Å². The van der Waals surface area contributed by atoms with E-state index in [4.69, 9.17) is 4.84 Å². The third kappa shape index (κ3) is 6.43. The predicted molar refractivity (Wildman–Crippen MR) is 104 cm³/mol. The summed E-state index contributed by atoms with van der Waals surface area (Å²) < 4.78 is 0. The molecule has 0 saturated carbocycles. The van der Waals surface area contributed by atoms with Crippen LogP contribution in [0.1, 0.15) is 44.9 Å². The third-order valence-corrected chi connectivity index (χ3v) is 6.14. The van der Waals surface area contributed by atoms with E-state index in [2.05, 4.69) is 11.9 Å². The first-order chi connectivity index (χ1) is 13.1. The molecule has 3 fully saturated rings. The number of hydrogen-bond donors (Lipinski definition) is 0. The standard InChI is InChI=1S/C20H36N4O3/c1-21-12-14-22(15-13-21)19(25)7-6-18-5-4-9-23(17-18)20(26)8-11-24-10-2-3-16-27-24/h18H,2-17H2,1H3. The van der Waals surface area contributed by atoms with E-state index in [0.29, 0.717) is 25.3 Å². The van der Waals surface area contributed by atoms with Crippen molar-refractivity contribution in [1.82, 2.24) is 19.8 Å². The van der Waals surface area contributed by atoms with Gasteiger partial charge in [0.2, 0.25) is 11.8 Å². The van der Waals surface area contributed by atoms with Gasteiger partial charge in [0.15, 0.2) is 0 Å². The van der Waals surface area contributed by atoms with Crippen LogP contribution in [0, 0.1) is 5.92 Å². The molecular formula is C20H36N4O3. The molecule has 7 heteroatoms. The van der Waals surface area contributed by atoms with Crippen molar-refractivity contribution < 1.29 is 14.4 Å². The summed E-state index contributed by atoms with van der Waals surface area (Å²) in [5.74, 6) is 0.985. The summed E-state index contributed by atoms with van der Waals surface area (Å²) in [6.45, 7) is 7.73. The molecule has 27 heavy (non-hydrogen) atoms. The number of hydrogen-bond acceptors (Lipinski definition) is 5. The molecular weight excluding hydrogens is 344 g/mol. The third-order valence-electron chi connectivity index (χ3n) is 6.14. The van der Waals surface area contributed by atoms with E-state index in [9.17, 15) is 9.59 Å². The molecule has 3 aliphatic rings. The Balaban J connectivity index is 1.35. The molecule has 3 aliphatic heterocycles. The second-order valence-corrected chi connectivity index (χ2v) is 8.29. The highest BCUT2D eigenvalue weighted by molar-refractivity contribution is 5.77. The van der Waals surface area contributed by atoms with Gasteiger partial charge < -0.3 is 14.7 Å². The molecule has 1 unspecified atom stereocenters. The van der Waals surface area contributed by atoms with Crippen LogP contribution in [0.3, 0.4) is 0 Å². The van der Waals surface area contributed by atoms with Crippen LogP contribution >= 0.6 is 0 Å². The summed E-state index contributed by atoms with van der Waals surface area (Å²) in [6.07, 6.45) is 6.52. The number of rotatable bonds is 6. The SMILES string of the molecule is CN1CCN(C(=O)CCC2CCCN(C(=O)CCN3CCCCO3)C2)CC1. The van der Waals surface area contributed by atoms with E-state index < -0.39 is 0 Å². The summed E-state index contributed by atoms with van der Waals surface area (Å²) in [4.78, 5) is 36.9. The molecule has 0 aliphatic carbocycles. The number of likely N-dealkylation sites (N-methyl/N-ethyl adjacent to an activating group) is 1. The largest absolute Gasteiger partial charge is 0.342 e. The Labute approximate surface area is 163 Å². The van der Waals surface area contributed by atoms with Gasteiger partial charge in [-0.05, 0) is 45.1 Å². The van der Waals surface area contributed by atoms with Crippen LogP contribution in [0.2, 0.25) is 0 Å². The van der Waals surface area contributed by atoms with Crippen molar-refractivity contribution in [2.45, 2.75) is 44.9 Å². The van der Waals surface area contributed by atoms with Gasteiger partial charge in [0, 0.05) is 65.2 Å².